The van der Waals surface area contributed by atoms with Gasteiger partial charge in [-0.3, -0.25) is 0 Å². The van der Waals surface area contributed by atoms with Crippen LogP contribution in [-0.4, -0.2) is 44.8 Å². The Morgan fingerprint density at radius 3 is 2.67 bits per heavy atom. The fourth-order valence-electron chi connectivity index (χ4n) is 1.45. The zero-order valence-electron chi connectivity index (χ0n) is 10.9. The molecule has 1 aromatic carbocycles. The molecule has 9 heteroatoms. The fraction of sp³-hybridized carbons (Fsp3) is 0.167. The van der Waals surface area contributed by atoms with Crippen LogP contribution in [0.3, 0.4) is 0 Å². The molecule has 0 aliphatic heterocycles. The van der Waals surface area contributed by atoms with Crippen LogP contribution >= 0.6 is 11.8 Å². The lowest BCUT2D eigenvalue weighted by Gasteiger charge is -2.07. The van der Waals surface area contributed by atoms with Crippen molar-refractivity contribution in [3.05, 3.63) is 36.0 Å². The molecule has 8 nitrogen and oxygen atoms in total. The number of amides is 2. The molecule has 2 aromatic rings. The van der Waals surface area contributed by atoms with Crippen LogP contribution < -0.4 is 10.6 Å². The SMILES string of the molecule is O=C(NCCSc1cn[nH]n1)Nc1ccc(C(=O)O)cc1. The van der Waals surface area contributed by atoms with Gasteiger partial charge >= 0.3 is 12.0 Å². The van der Waals surface area contributed by atoms with Crippen LogP contribution in [0.15, 0.2) is 35.5 Å². The second-order valence-electron chi connectivity index (χ2n) is 3.92. The largest absolute Gasteiger partial charge is 0.478 e. The standard InChI is InChI=1S/C12H13N5O3S/c18-11(19)8-1-3-9(4-2-8)15-12(20)13-5-6-21-10-7-14-17-16-10/h1-4,7H,5-6H2,(H,18,19)(H2,13,15,20)(H,14,16,17). The van der Waals surface area contributed by atoms with Gasteiger partial charge < -0.3 is 15.7 Å². The summed E-state index contributed by atoms with van der Waals surface area (Å²) in [6.45, 7) is 0.469. The molecule has 4 N–H and O–H groups in total. The molecule has 0 aliphatic rings. The van der Waals surface area contributed by atoms with Crippen molar-refractivity contribution in [3.8, 4) is 0 Å². The smallest absolute Gasteiger partial charge is 0.335 e. The Hall–Kier alpha value is -2.55. The van der Waals surface area contributed by atoms with Crippen molar-refractivity contribution < 1.29 is 14.7 Å². The number of H-pyrrole nitrogens is 1. The summed E-state index contributed by atoms with van der Waals surface area (Å²) >= 11 is 1.47. The molecule has 1 heterocycles. The summed E-state index contributed by atoms with van der Waals surface area (Å²) in [5.41, 5.74) is 0.701. The number of aromatic carboxylic acids is 1. The van der Waals surface area contributed by atoms with Crippen LogP contribution in [0.25, 0.3) is 0 Å². The van der Waals surface area contributed by atoms with E-state index in [-0.39, 0.29) is 11.6 Å². The summed E-state index contributed by atoms with van der Waals surface area (Å²) in [7, 11) is 0. The molecule has 0 spiro atoms. The van der Waals surface area contributed by atoms with Crippen molar-refractivity contribution >= 4 is 29.4 Å². The van der Waals surface area contributed by atoms with Crippen molar-refractivity contribution in [2.24, 2.45) is 0 Å². The number of carboxylic acids is 1. The lowest BCUT2D eigenvalue weighted by Crippen LogP contribution is -2.30. The molecule has 0 fully saturated rings. The number of nitrogens with zero attached hydrogens (tertiary/aromatic N) is 2. The van der Waals surface area contributed by atoms with Crippen molar-refractivity contribution in [2.45, 2.75) is 5.03 Å². The van der Waals surface area contributed by atoms with E-state index in [4.69, 9.17) is 5.11 Å². The maximum absolute atomic E-state index is 11.6. The Bertz CT molecular complexity index is 600. The van der Waals surface area contributed by atoms with Crippen LogP contribution in [0.2, 0.25) is 0 Å². The van der Waals surface area contributed by atoms with Crippen LogP contribution in [0.4, 0.5) is 10.5 Å². The summed E-state index contributed by atoms with van der Waals surface area (Å²) in [6.07, 6.45) is 1.61. The first-order valence-corrected chi connectivity index (χ1v) is 7.00. The number of hydrogen-bond donors (Lipinski definition) is 4. The highest BCUT2D eigenvalue weighted by molar-refractivity contribution is 7.99. The minimum Gasteiger partial charge on any atom is -0.478 e. The molecule has 0 radical (unpaired) electrons. The fourth-order valence-corrected chi connectivity index (χ4v) is 2.10. The number of aromatic amines is 1. The molecule has 0 bridgehead atoms. The Kier molecular flexibility index (Phi) is 5.16. The van der Waals surface area contributed by atoms with Crippen molar-refractivity contribution in [1.29, 1.82) is 0 Å². The van der Waals surface area contributed by atoms with Gasteiger partial charge in [0.1, 0.15) is 5.03 Å². The predicted molar refractivity (Wildman–Crippen MR) is 77.5 cm³/mol. The number of anilines is 1. The molecule has 0 aliphatic carbocycles. The van der Waals surface area contributed by atoms with E-state index >= 15 is 0 Å². The van der Waals surface area contributed by atoms with Gasteiger partial charge in [0.2, 0.25) is 0 Å². The van der Waals surface area contributed by atoms with E-state index in [9.17, 15) is 9.59 Å². The number of nitrogens with one attached hydrogen (secondary N) is 3. The summed E-state index contributed by atoms with van der Waals surface area (Å²) < 4.78 is 0. The zero-order valence-corrected chi connectivity index (χ0v) is 11.7. The monoisotopic (exact) mass is 307 g/mol. The summed E-state index contributed by atoms with van der Waals surface area (Å²) in [4.78, 5) is 22.3. The van der Waals surface area contributed by atoms with Gasteiger partial charge in [-0.1, -0.05) is 0 Å². The molecule has 2 amide bonds. The van der Waals surface area contributed by atoms with Crippen LogP contribution in [0.5, 0.6) is 0 Å². The van der Waals surface area contributed by atoms with Crippen LogP contribution in [0, 0.1) is 0 Å². The molecule has 21 heavy (non-hydrogen) atoms. The highest BCUT2D eigenvalue weighted by Gasteiger charge is 2.04. The Balaban J connectivity index is 1.70. The summed E-state index contributed by atoms with van der Waals surface area (Å²) in [5, 5.41) is 24.9. The van der Waals surface area contributed by atoms with E-state index in [1.165, 1.54) is 36.0 Å². The first kappa shape index (κ1) is 14.9. The number of hydrogen-bond acceptors (Lipinski definition) is 5. The van der Waals surface area contributed by atoms with Gasteiger partial charge in [0.25, 0.3) is 0 Å². The molecule has 0 atom stereocenters. The van der Waals surface area contributed by atoms with Gasteiger partial charge in [-0.2, -0.15) is 10.3 Å². The second kappa shape index (κ2) is 7.29. The number of carbonyl (C=O) groups excluding carboxylic acids is 1. The number of carboxylic acid groups (broad SMARTS) is 1. The normalized spacial score (nSPS) is 10.1. The number of aromatic nitrogens is 3. The van der Waals surface area contributed by atoms with E-state index in [0.29, 0.717) is 18.0 Å². The highest BCUT2D eigenvalue weighted by Crippen LogP contribution is 2.11. The molecule has 1 aromatic heterocycles. The quantitative estimate of drug-likeness (QED) is 0.473. The maximum Gasteiger partial charge on any atom is 0.335 e. The number of urea groups is 1. The van der Waals surface area contributed by atoms with Crippen molar-refractivity contribution in [1.82, 2.24) is 20.7 Å². The number of carbonyl (C=O) groups is 2. The van der Waals surface area contributed by atoms with Gasteiger partial charge in [0.15, 0.2) is 0 Å². The molecule has 2 rings (SSSR count). The average molecular weight is 307 g/mol. The van der Waals surface area contributed by atoms with E-state index in [0.717, 1.165) is 5.03 Å². The summed E-state index contributed by atoms with van der Waals surface area (Å²) in [6, 6.07) is 5.58. The predicted octanol–water partition coefficient (Wildman–Crippen LogP) is 1.42. The van der Waals surface area contributed by atoms with Gasteiger partial charge in [-0.05, 0) is 24.3 Å². The molecule has 0 unspecified atom stereocenters. The van der Waals surface area contributed by atoms with Gasteiger partial charge in [-0.15, -0.1) is 16.9 Å². The third-order valence-electron chi connectivity index (χ3n) is 2.42. The topological polar surface area (TPSA) is 120 Å². The Morgan fingerprint density at radius 1 is 1.29 bits per heavy atom. The third-order valence-corrected chi connectivity index (χ3v) is 3.32. The van der Waals surface area contributed by atoms with Crippen molar-refractivity contribution in [3.63, 3.8) is 0 Å². The van der Waals surface area contributed by atoms with E-state index in [2.05, 4.69) is 26.0 Å². The first-order chi connectivity index (χ1) is 10.1. The zero-order chi connectivity index (χ0) is 15.1. The van der Waals surface area contributed by atoms with Gasteiger partial charge in [-0.25, -0.2) is 9.59 Å². The van der Waals surface area contributed by atoms with Crippen LogP contribution in [0.1, 0.15) is 10.4 Å². The van der Waals surface area contributed by atoms with E-state index in [1.54, 1.807) is 6.20 Å². The van der Waals surface area contributed by atoms with Gasteiger partial charge in [0.05, 0.1) is 11.8 Å². The molecule has 0 saturated carbocycles. The lowest BCUT2D eigenvalue weighted by molar-refractivity contribution is 0.0697. The number of rotatable bonds is 6. The molecular weight excluding hydrogens is 294 g/mol. The number of benzene rings is 1. The van der Waals surface area contributed by atoms with E-state index < -0.39 is 5.97 Å². The maximum atomic E-state index is 11.6. The number of thioether (sulfide) groups is 1. The summed E-state index contributed by atoms with van der Waals surface area (Å²) in [5.74, 6) is -0.339. The van der Waals surface area contributed by atoms with E-state index in [1.807, 2.05) is 0 Å². The highest BCUT2D eigenvalue weighted by atomic mass is 32.2. The van der Waals surface area contributed by atoms with Gasteiger partial charge in [0, 0.05) is 18.0 Å². The van der Waals surface area contributed by atoms with Crippen LogP contribution in [-0.2, 0) is 0 Å². The lowest BCUT2D eigenvalue weighted by atomic mass is 10.2. The molecule has 110 valence electrons. The third kappa shape index (κ3) is 4.80. The minimum absolute atomic E-state index is 0.171. The second-order valence-corrected chi connectivity index (χ2v) is 5.04. The molecular formula is C12H13N5O3S. The minimum atomic E-state index is -1.00. The molecule has 0 saturated heterocycles. The Morgan fingerprint density at radius 2 is 2.05 bits per heavy atom. The average Bonchev–Trinajstić information content (AvgIpc) is 2.97. The van der Waals surface area contributed by atoms with Crippen molar-refractivity contribution in [2.75, 3.05) is 17.6 Å². The first-order valence-electron chi connectivity index (χ1n) is 6.02. The Labute approximate surface area is 124 Å².